The summed E-state index contributed by atoms with van der Waals surface area (Å²) in [6, 6.07) is 17.0. The Morgan fingerprint density at radius 1 is 0.971 bits per heavy atom. The third-order valence-corrected chi connectivity index (χ3v) is 5.49. The minimum absolute atomic E-state index is 0.181. The lowest BCUT2D eigenvalue weighted by Gasteiger charge is -2.13. The number of benzene rings is 3. The molecule has 1 N–H and O–H groups in total. The molecule has 0 bridgehead atoms. The first kappa shape index (κ1) is 26.1. The molecule has 1 amide bonds. The van der Waals surface area contributed by atoms with E-state index in [4.69, 9.17) is 37.4 Å². The topological polar surface area (TPSA) is 73.9 Å². The predicted molar refractivity (Wildman–Crippen MR) is 138 cm³/mol. The van der Waals surface area contributed by atoms with Gasteiger partial charge >= 0.3 is 5.97 Å². The number of rotatable bonds is 9. The van der Waals surface area contributed by atoms with Gasteiger partial charge in [0.05, 0.1) is 18.8 Å². The molecule has 6 nitrogen and oxygen atoms in total. The number of carbonyl (C=O) groups excluding carboxylic acids is 2. The Bertz CT molecular complexity index is 1200. The van der Waals surface area contributed by atoms with Crippen molar-refractivity contribution in [3.63, 3.8) is 0 Å². The van der Waals surface area contributed by atoms with Gasteiger partial charge in [0.15, 0.2) is 11.5 Å². The molecule has 0 atom stereocenters. The maximum absolute atomic E-state index is 12.3. The molecule has 0 saturated carbocycles. The molecule has 0 unspecified atom stereocenters. The number of amides is 1. The van der Waals surface area contributed by atoms with E-state index in [1.165, 1.54) is 13.2 Å². The van der Waals surface area contributed by atoms with E-state index in [1.54, 1.807) is 80.6 Å². The number of anilines is 1. The van der Waals surface area contributed by atoms with Crippen molar-refractivity contribution in [1.29, 1.82) is 0 Å². The van der Waals surface area contributed by atoms with Crippen molar-refractivity contribution >= 4 is 46.8 Å². The Hall–Kier alpha value is -3.48. The smallest absolute Gasteiger partial charge is 0.338 e. The second-order valence-corrected chi connectivity index (χ2v) is 8.57. The average molecular weight is 514 g/mol. The van der Waals surface area contributed by atoms with Crippen LogP contribution in [-0.4, -0.2) is 25.1 Å². The van der Waals surface area contributed by atoms with Crippen molar-refractivity contribution in [2.45, 2.75) is 26.6 Å². The molecule has 0 heterocycles. The molecular weight excluding hydrogens is 489 g/mol. The summed E-state index contributed by atoms with van der Waals surface area (Å²) in [7, 11) is 1.53. The van der Waals surface area contributed by atoms with Crippen molar-refractivity contribution in [1.82, 2.24) is 0 Å². The molecule has 3 rings (SSSR count). The molecule has 0 aromatic heterocycles. The van der Waals surface area contributed by atoms with Gasteiger partial charge in [-0.2, -0.15) is 0 Å². The van der Waals surface area contributed by atoms with Crippen LogP contribution in [0.5, 0.6) is 11.5 Å². The lowest BCUT2D eigenvalue weighted by molar-refractivity contribution is -0.111. The molecule has 35 heavy (non-hydrogen) atoms. The predicted octanol–water partition coefficient (Wildman–Crippen LogP) is 6.80. The SMILES string of the molecule is COc1cc(/C=C/C(=O)Nc2ccc(C(=O)OC(C)C)cc2)ccc1OCc1c(Cl)cccc1Cl. The minimum Gasteiger partial charge on any atom is -0.493 e. The van der Waals surface area contributed by atoms with E-state index in [-0.39, 0.29) is 18.6 Å². The summed E-state index contributed by atoms with van der Waals surface area (Å²) >= 11 is 12.4. The average Bonchev–Trinajstić information content (AvgIpc) is 2.82. The first-order chi connectivity index (χ1) is 16.8. The molecule has 3 aromatic rings. The van der Waals surface area contributed by atoms with Gasteiger partial charge in [-0.3, -0.25) is 4.79 Å². The Morgan fingerprint density at radius 2 is 1.66 bits per heavy atom. The third-order valence-electron chi connectivity index (χ3n) is 4.78. The Balaban J connectivity index is 1.61. The van der Waals surface area contributed by atoms with Gasteiger partial charge in [0.25, 0.3) is 0 Å². The van der Waals surface area contributed by atoms with E-state index in [1.807, 2.05) is 0 Å². The number of carbonyl (C=O) groups is 2. The maximum Gasteiger partial charge on any atom is 0.338 e. The highest BCUT2D eigenvalue weighted by Gasteiger charge is 2.11. The lowest BCUT2D eigenvalue weighted by Crippen LogP contribution is -2.12. The van der Waals surface area contributed by atoms with Gasteiger partial charge in [0, 0.05) is 27.4 Å². The monoisotopic (exact) mass is 513 g/mol. The molecule has 182 valence electrons. The van der Waals surface area contributed by atoms with Gasteiger partial charge < -0.3 is 19.5 Å². The highest BCUT2D eigenvalue weighted by Crippen LogP contribution is 2.31. The Morgan fingerprint density at radius 3 is 2.29 bits per heavy atom. The summed E-state index contributed by atoms with van der Waals surface area (Å²) in [4.78, 5) is 24.2. The van der Waals surface area contributed by atoms with Crippen LogP contribution >= 0.6 is 23.2 Å². The van der Waals surface area contributed by atoms with Gasteiger partial charge in [-0.25, -0.2) is 4.79 Å². The summed E-state index contributed by atoms with van der Waals surface area (Å²) in [6.45, 7) is 3.75. The van der Waals surface area contributed by atoms with Crippen LogP contribution in [0.4, 0.5) is 5.69 Å². The van der Waals surface area contributed by atoms with Crippen LogP contribution in [0, 0.1) is 0 Å². The zero-order valence-corrected chi connectivity index (χ0v) is 21.0. The van der Waals surface area contributed by atoms with Gasteiger partial charge in [0.1, 0.15) is 6.61 Å². The van der Waals surface area contributed by atoms with Crippen molar-refractivity contribution in [3.8, 4) is 11.5 Å². The summed E-state index contributed by atoms with van der Waals surface area (Å²) in [5.74, 6) is 0.282. The van der Waals surface area contributed by atoms with Crippen LogP contribution in [0.3, 0.4) is 0 Å². The van der Waals surface area contributed by atoms with Crippen LogP contribution in [-0.2, 0) is 16.1 Å². The molecule has 0 aliphatic heterocycles. The van der Waals surface area contributed by atoms with E-state index in [9.17, 15) is 9.59 Å². The summed E-state index contributed by atoms with van der Waals surface area (Å²) in [5, 5.41) is 3.79. The Labute approximate surface area is 214 Å². The number of hydrogen-bond acceptors (Lipinski definition) is 5. The first-order valence-corrected chi connectivity index (χ1v) is 11.6. The molecular formula is C27H25Cl2NO5. The lowest BCUT2D eigenvalue weighted by atomic mass is 10.1. The Kier molecular flexibility index (Phi) is 9.18. The second-order valence-electron chi connectivity index (χ2n) is 7.75. The van der Waals surface area contributed by atoms with Gasteiger partial charge in [-0.05, 0) is 74.0 Å². The van der Waals surface area contributed by atoms with Crippen LogP contribution in [0.1, 0.15) is 35.3 Å². The van der Waals surface area contributed by atoms with Crippen LogP contribution in [0.15, 0.2) is 66.7 Å². The summed E-state index contributed by atoms with van der Waals surface area (Å²) < 4.78 is 16.4. The molecule has 8 heteroatoms. The number of nitrogens with one attached hydrogen (secondary N) is 1. The van der Waals surface area contributed by atoms with Crippen LogP contribution < -0.4 is 14.8 Å². The third kappa shape index (κ3) is 7.50. The van der Waals surface area contributed by atoms with E-state index in [2.05, 4.69) is 5.32 Å². The number of methoxy groups -OCH3 is 1. The zero-order valence-electron chi connectivity index (χ0n) is 19.5. The van der Waals surface area contributed by atoms with Crippen LogP contribution in [0.2, 0.25) is 10.0 Å². The van der Waals surface area contributed by atoms with Crippen molar-refractivity contribution in [3.05, 3.63) is 93.5 Å². The molecule has 3 aromatic carbocycles. The summed E-state index contributed by atoms with van der Waals surface area (Å²) in [6.07, 6.45) is 2.85. The van der Waals surface area contributed by atoms with Gasteiger partial charge in [-0.1, -0.05) is 35.3 Å². The van der Waals surface area contributed by atoms with E-state index in [0.29, 0.717) is 38.4 Å². The number of ether oxygens (including phenoxy) is 3. The second kappa shape index (κ2) is 12.3. The fraction of sp³-hybridized carbons (Fsp3) is 0.185. The fourth-order valence-corrected chi connectivity index (χ4v) is 3.56. The van der Waals surface area contributed by atoms with Crippen molar-refractivity contribution in [2.24, 2.45) is 0 Å². The number of hydrogen-bond donors (Lipinski definition) is 1. The van der Waals surface area contributed by atoms with Crippen molar-refractivity contribution < 1.29 is 23.8 Å². The molecule has 0 fully saturated rings. The van der Waals surface area contributed by atoms with Crippen LogP contribution in [0.25, 0.3) is 6.08 Å². The van der Waals surface area contributed by atoms with E-state index < -0.39 is 5.97 Å². The van der Waals surface area contributed by atoms with Gasteiger partial charge in [0.2, 0.25) is 5.91 Å². The standard InChI is InChI=1S/C27H25Cl2NO5/c1-17(2)35-27(32)19-9-11-20(12-10-19)30-26(31)14-8-18-7-13-24(25(15-18)33-3)34-16-21-22(28)5-4-6-23(21)29/h4-15,17H,16H2,1-3H3,(H,30,31)/b14-8+. The normalized spacial score (nSPS) is 10.9. The minimum atomic E-state index is -0.408. The fourth-order valence-electron chi connectivity index (χ4n) is 3.05. The number of esters is 1. The maximum atomic E-state index is 12.3. The zero-order chi connectivity index (χ0) is 25.4. The number of halogens is 2. The molecule has 0 aliphatic rings. The van der Waals surface area contributed by atoms with Gasteiger partial charge in [-0.15, -0.1) is 0 Å². The van der Waals surface area contributed by atoms with Crippen molar-refractivity contribution in [2.75, 3.05) is 12.4 Å². The highest BCUT2D eigenvalue weighted by atomic mass is 35.5. The molecule has 0 radical (unpaired) electrons. The molecule has 0 saturated heterocycles. The highest BCUT2D eigenvalue weighted by molar-refractivity contribution is 6.35. The molecule has 0 aliphatic carbocycles. The first-order valence-electron chi connectivity index (χ1n) is 10.8. The van der Waals surface area contributed by atoms with E-state index in [0.717, 1.165) is 5.56 Å². The summed E-state index contributed by atoms with van der Waals surface area (Å²) in [5.41, 5.74) is 2.40. The quantitative estimate of drug-likeness (QED) is 0.251. The molecule has 0 spiro atoms. The van der Waals surface area contributed by atoms with E-state index >= 15 is 0 Å². The largest absolute Gasteiger partial charge is 0.493 e.